The molecule has 3 aromatic carbocycles. The Kier molecular flexibility index (Phi) is 11.5. The number of aryl methyl sites for hydroxylation is 1. The normalized spacial score (nSPS) is 25.6. The SMILES string of the molecule is COc1ccc(C(O[C@]23C[C@H]2C[C@@]2(OP(OCCC#N)N(C(C)C)C(C)C)[C@@H]3O[C@@H](n3cc(C)c(=O)[nH]c3=O)[C@@H]2F)(c2ccccc2)c2ccc(OC)cc2)cc1. The molecule has 4 aromatic rings. The average Bonchev–Trinajstić information content (AvgIpc) is 3.71. The second-order valence-electron chi connectivity index (χ2n) is 15.5. The van der Waals surface area contributed by atoms with Crippen LogP contribution in [0, 0.1) is 24.2 Å². The first-order chi connectivity index (χ1) is 27.3. The number of aromatic amines is 1. The summed E-state index contributed by atoms with van der Waals surface area (Å²) in [6.45, 7) is 9.68. The number of aromatic nitrogens is 2. The number of hydrogen-bond donors (Lipinski definition) is 1. The third kappa shape index (κ3) is 7.11. The highest BCUT2D eigenvalue weighted by Crippen LogP contribution is 2.73. The maximum atomic E-state index is 17.9. The van der Waals surface area contributed by atoms with Crippen LogP contribution in [0.3, 0.4) is 0 Å². The molecule has 12 nitrogen and oxygen atoms in total. The van der Waals surface area contributed by atoms with Gasteiger partial charge in [0.05, 0.1) is 33.3 Å². The van der Waals surface area contributed by atoms with Crippen molar-refractivity contribution in [3.05, 3.63) is 128 Å². The summed E-state index contributed by atoms with van der Waals surface area (Å²) in [5, 5.41) is 9.42. The topological polar surface area (TPSA) is 137 Å². The van der Waals surface area contributed by atoms with Crippen LogP contribution in [0.25, 0.3) is 0 Å². The number of fused-ring (bicyclic) bond motifs is 3. The van der Waals surface area contributed by atoms with Crippen molar-refractivity contribution < 1.29 is 32.4 Å². The monoisotopic (exact) mass is 800 g/mol. The highest BCUT2D eigenvalue weighted by Gasteiger charge is 2.82. The van der Waals surface area contributed by atoms with Gasteiger partial charge in [0.1, 0.15) is 34.4 Å². The van der Waals surface area contributed by atoms with E-state index >= 15 is 4.39 Å². The summed E-state index contributed by atoms with van der Waals surface area (Å²) in [5.41, 5.74) is -2.77. The van der Waals surface area contributed by atoms with Gasteiger partial charge in [0.25, 0.3) is 14.1 Å². The standard InChI is InChI=1S/C43H50FN4O8P/c1-27(2)48(28(3)4)57(53-23-11-22-45)56-42-25-33-24-41(33,39(42)54-38(36(42)44)47-26-29(5)37(49)46-40(47)50)55-43(30-12-9-8-10-13-30,31-14-18-34(51-6)19-15-31)32-16-20-35(52-7)21-17-32/h8-10,12-21,26-28,33,36,38-39H,11,23-25H2,1-7H3,(H,46,49,50)/t33-,36-,38+,39+,41+,42-,57?/m0/s1. The van der Waals surface area contributed by atoms with Crippen LogP contribution in [0.2, 0.25) is 0 Å². The van der Waals surface area contributed by atoms with Crippen LogP contribution < -0.4 is 20.7 Å². The molecule has 3 fully saturated rings. The van der Waals surface area contributed by atoms with Crippen molar-refractivity contribution in [2.24, 2.45) is 5.92 Å². The summed E-state index contributed by atoms with van der Waals surface area (Å²) in [4.78, 5) is 28.2. The molecule has 1 aliphatic heterocycles. The van der Waals surface area contributed by atoms with Crippen LogP contribution in [0.4, 0.5) is 4.39 Å². The lowest BCUT2D eigenvalue weighted by Crippen LogP contribution is -2.53. The van der Waals surface area contributed by atoms with Crippen molar-refractivity contribution in [2.45, 2.75) is 101 Å². The lowest BCUT2D eigenvalue weighted by atomic mass is 9.79. The Balaban J connectivity index is 1.42. The first-order valence-corrected chi connectivity index (χ1v) is 20.4. The third-order valence-corrected chi connectivity index (χ3v) is 13.6. The Morgan fingerprint density at radius 1 is 0.930 bits per heavy atom. The molecule has 2 aliphatic carbocycles. The molecule has 57 heavy (non-hydrogen) atoms. The first-order valence-electron chi connectivity index (χ1n) is 19.3. The fourth-order valence-electron chi connectivity index (χ4n) is 8.75. The molecule has 1 aromatic heterocycles. The summed E-state index contributed by atoms with van der Waals surface area (Å²) >= 11 is 0. The van der Waals surface area contributed by atoms with E-state index in [0.29, 0.717) is 17.9 Å². The predicted molar refractivity (Wildman–Crippen MR) is 213 cm³/mol. The van der Waals surface area contributed by atoms with E-state index in [1.165, 1.54) is 6.20 Å². The molecule has 0 amide bonds. The number of hydrogen-bond acceptors (Lipinski definition) is 10. The summed E-state index contributed by atoms with van der Waals surface area (Å²) in [7, 11) is 1.26. The molecule has 0 bridgehead atoms. The maximum absolute atomic E-state index is 17.9. The van der Waals surface area contributed by atoms with Gasteiger partial charge in [-0.15, -0.1) is 0 Å². The van der Waals surface area contributed by atoms with E-state index in [2.05, 4.69) is 15.7 Å². The Morgan fingerprint density at radius 2 is 1.49 bits per heavy atom. The molecule has 2 saturated carbocycles. The van der Waals surface area contributed by atoms with Crippen LogP contribution in [0.5, 0.6) is 11.5 Å². The minimum Gasteiger partial charge on any atom is -0.497 e. The van der Waals surface area contributed by atoms with E-state index < -0.39 is 55.1 Å². The largest absolute Gasteiger partial charge is 0.497 e. The summed E-state index contributed by atoms with van der Waals surface area (Å²) < 4.78 is 60.2. The minimum absolute atomic E-state index is 0.0642. The van der Waals surface area contributed by atoms with Crippen LogP contribution in [0.1, 0.15) is 75.4 Å². The van der Waals surface area contributed by atoms with Gasteiger partial charge >= 0.3 is 5.69 Å². The second-order valence-corrected chi connectivity index (χ2v) is 16.9. The number of ether oxygens (including phenoxy) is 4. The summed E-state index contributed by atoms with van der Waals surface area (Å²) in [6.07, 6.45) is -2.23. The van der Waals surface area contributed by atoms with Gasteiger partial charge in [-0.05, 0) is 94.3 Å². The summed E-state index contributed by atoms with van der Waals surface area (Å²) in [5.74, 6) is 1.12. The highest BCUT2D eigenvalue weighted by molar-refractivity contribution is 7.44. The molecule has 2 heterocycles. The number of nitrogens with one attached hydrogen (secondary N) is 1. The van der Waals surface area contributed by atoms with Crippen molar-refractivity contribution in [1.82, 2.24) is 14.2 Å². The molecule has 1 unspecified atom stereocenters. The molecule has 0 radical (unpaired) electrons. The Hall–Kier alpha value is -4.41. The van der Waals surface area contributed by atoms with E-state index in [1.54, 1.807) is 21.1 Å². The van der Waals surface area contributed by atoms with E-state index in [1.807, 2.05) is 107 Å². The Labute approximate surface area is 333 Å². The molecular weight excluding hydrogens is 750 g/mol. The van der Waals surface area contributed by atoms with Gasteiger partial charge in [-0.2, -0.15) is 5.26 Å². The first kappa shape index (κ1) is 40.8. The van der Waals surface area contributed by atoms with E-state index in [9.17, 15) is 14.9 Å². The molecule has 1 saturated heterocycles. The van der Waals surface area contributed by atoms with Crippen molar-refractivity contribution in [2.75, 3.05) is 20.8 Å². The Bertz CT molecular complexity index is 2140. The van der Waals surface area contributed by atoms with Gasteiger partial charge in [0.15, 0.2) is 12.4 Å². The zero-order valence-corrected chi connectivity index (χ0v) is 34.2. The van der Waals surface area contributed by atoms with Gasteiger partial charge in [-0.25, -0.2) is 13.9 Å². The zero-order valence-electron chi connectivity index (χ0n) is 33.3. The molecule has 302 valence electrons. The molecule has 14 heteroatoms. The number of nitriles is 1. The second kappa shape index (κ2) is 16.1. The number of rotatable bonds is 16. The van der Waals surface area contributed by atoms with Crippen molar-refractivity contribution in [3.8, 4) is 17.6 Å². The maximum Gasteiger partial charge on any atom is 0.330 e. The van der Waals surface area contributed by atoms with E-state index in [-0.39, 0.29) is 43.0 Å². The number of methoxy groups -OCH3 is 2. The highest BCUT2D eigenvalue weighted by atomic mass is 31.2. The van der Waals surface area contributed by atoms with Gasteiger partial charge in [-0.1, -0.05) is 54.6 Å². The number of halogens is 1. The molecule has 3 aliphatic rings. The molecule has 7 rings (SSSR count). The molecular formula is C43H50FN4O8P. The lowest BCUT2D eigenvalue weighted by Gasteiger charge is -2.44. The Morgan fingerprint density at radius 3 is 2.04 bits per heavy atom. The van der Waals surface area contributed by atoms with E-state index in [0.717, 1.165) is 21.3 Å². The number of benzene rings is 3. The van der Waals surface area contributed by atoms with Gasteiger partial charge in [0.2, 0.25) is 0 Å². The smallest absolute Gasteiger partial charge is 0.330 e. The predicted octanol–water partition coefficient (Wildman–Crippen LogP) is 7.30. The van der Waals surface area contributed by atoms with Crippen molar-refractivity contribution >= 4 is 8.53 Å². The third-order valence-electron chi connectivity index (χ3n) is 11.4. The van der Waals surface area contributed by atoms with E-state index in [4.69, 9.17) is 28.0 Å². The fourth-order valence-corrected chi connectivity index (χ4v) is 10.6. The van der Waals surface area contributed by atoms with Crippen LogP contribution in [0.15, 0.2) is 94.6 Å². The minimum atomic E-state index is -1.96. The fraction of sp³-hybridized carbons (Fsp3) is 0.465. The van der Waals surface area contributed by atoms with Crippen LogP contribution >= 0.6 is 8.53 Å². The van der Waals surface area contributed by atoms with Crippen molar-refractivity contribution in [3.63, 3.8) is 0 Å². The van der Waals surface area contributed by atoms with Gasteiger partial charge < -0.3 is 28.0 Å². The quantitative estimate of drug-likeness (QED) is 0.0699. The zero-order chi connectivity index (χ0) is 40.7. The molecule has 1 N–H and O–H groups in total. The lowest BCUT2D eigenvalue weighted by molar-refractivity contribution is -0.162. The summed E-state index contributed by atoms with van der Waals surface area (Å²) in [6, 6.07) is 27.2. The van der Waals surface area contributed by atoms with Crippen LogP contribution in [-0.4, -0.2) is 70.6 Å². The van der Waals surface area contributed by atoms with Crippen LogP contribution in [-0.2, 0) is 24.1 Å². The average molecular weight is 801 g/mol. The number of H-pyrrole nitrogens is 1. The van der Waals surface area contributed by atoms with Crippen molar-refractivity contribution in [1.29, 1.82) is 5.26 Å². The molecule has 7 atom stereocenters. The van der Waals surface area contributed by atoms with Gasteiger partial charge in [-0.3, -0.25) is 14.3 Å². The number of alkyl halides is 1. The molecule has 0 spiro atoms. The number of nitrogens with zero attached hydrogens (tertiary/aromatic N) is 3. The van der Waals surface area contributed by atoms with Gasteiger partial charge in [0, 0.05) is 23.8 Å².